The van der Waals surface area contributed by atoms with Gasteiger partial charge >= 0.3 is 12.9 Å². The number of carbonyl (C=O) groups is 1. The number of esters is 1. The van der Waals surface area contributed by atoms with E-state index in [9.17, 15) is 26.9 Å². The second-order valence-electron chi connectivity index (χ2n) is 5.77. The van der Waals surface area contributed by atoms with Gasteiger partial charge in [-0.05, 0) is 17.7 Å². The summed E-state index contributed by atoms with van der Waals surface area (Å²) >= 11 is 0. The summed E-state index contributed by atoms with van der Waals surface area (Å²) in [7, 11) is 0. The average molecular weight is 379 g/mol. The molecular weight excluding hydrogens is 367 g/mol. The van der Waals surface area contributed by atoms with Crippen LogP contribution < -0.4 is 11.0 Å². The Balaban J connectivity index is 2.30. The number of hydrogen-bond acceptors (Lipinski definition) is 4. The van der Waals surface area contributed by atoms with Crippen molar-refractivity contribution in [1.29, 1.82) is 0 Å². The Morgan fingerprint density at radius 3 is 2.56 bits per heavy atom. The summed E-state index contributed by atoms with van der Waals surface area (Å²) in [6, 6.07) is 7.09. The summed E-state index contributed by atoms with van der Waals surface area (Å²) in [5.41, 5.74) is -2.59. The number of rotatable bonds is 4. The zero-order valence-corrected chi connectivity index (χ0v) is 14.0. The summed E-state index contributed by atoms with van der Waals surface area (Å²) in [6.45, 7) is -5.10. The largest absolute Gasteiger partial charge is 0.510 e. The topological polar surface area (TPSA) is 61.2 Å². The van der Waals surface area contributed by atoms with E-state index in [0.717, 1.165) is 25.1 Å². The van der Waals surface area contributed by atoms with E-state index in [0.29, 0.717) is 4.68 Å². The van der Waals surface area contributed by atoms with Crippen LogP contribution in [-0.4, -0.2) is 22.7 Å². The summed E-state index contributed by atoms with van der Waals surface area (Å²) in [4.78, 5) is 23.8. The highest BCUT2D eigenvalue weighted by molar-refractivity contribution is 6.74. The van der Waals surface area contributed by atoms with Crippen molar-refractivity contribution in [3.63, 3.8) is 0 Å². The molecule has 1 heterocycles. The number of fused-ring (bicyclic) bond motifs is 1. The van der Waals surface area contributed by atoms with Crippen molar-refractivity contribution < 1.29 is 26.9 Å². The Morgan fingerprint density at radius 2 is 1.89 bits per heavy atom. The van der Waals surface area contributed by atoms with Gasteiger partial charge in [-0.25, -0.2) is 4.39 Å². The Hall–Kier alpha value is -3.17. The molecule has 2 aromatic carbocycles. The minimum atomic E-state index is -5.45. The van der Waals surface area contributed by atoms with Gasteiger partial charge in [-0.15, -0.1) is 0 Å². The fourth-order valence-corrected chi connectivity index (χ4v) is 2.75. The molecule has 0 saturated carbocycles. The zero-order valence-electron chi connectivity index (χ0n) is 14.0. The molecule has 0 unspecified atom stereocenters. The molecule has 0 bridgehead atoms. The van der Waals surface area contributed by atoms with Crippen LogP contribution in [0.2, 0.25) is 0 Å². The van der Waals surface area contributed by atoms with E-state index < -0.39 is 42.0 Å². The molecule has 27 heavy (non-hydrogen) atoms. The van der Waals surface area contributed by atoms with Crippen LogP contribution in [0.3, 0.4) is 0 Å². The summed E-state index contributed by atoms with van der Waals surface area (Å²) in [5, 5.41) is 3.78. The molecule has 0 spiro atoms. The number of carbonyl (C=O) groups excluding carboxylic acids is 1. The number of halogens is 4. The average Bonchev–Trinajstić information content (AvgIpc) is 2.59. The van der Waals surface area contributed by atoms with E-state index in [1.54, 1.807) is 0 Å². The molecule has 0 fully saturated rings. The van der Waals surface area contributed by atoms with E-state index in [4.69, 9.17) is 4.74 Å². The zero-order chi connectivity index (χ0) is 19.8. The van der Waals surface area contributed by atoms with Crippen molar-refractivity contribution >= 4 is 29.2 Å². The molecule has 1 aromatic heterocycles. The summed E-state index contributed by atoms with van der Waals surface area (Å²) in [5.74, 6) is -1.60. The summed E-state index contributed by atoms with van der Waals surface area (Å²) in [6.07, 6.45) is 1.18. The lowest BCUT2D eigenvalue weighted by Crippen LogP contribution is -2.39. The van der Waals surface area contributed by atoms with Crippen molar-refractivity contribution in [3.8, 4) is 5.69 Å². The molecule has 10 heteroatoms. The van der Waals surface area contributed by atoms with Crippen molar-refractivity contribution in [2.75, 3.05) is 0 Å². The first-order chi connectivity index (χ1) is 12.7. The second-order valence-corrected chi connectivity index (χ2v) is 5.77. The van der Waals surface area contributed by atoms with Crippen LogP contribution in [0.15, 0.2) is 47.4 Å². The van der Waals surface area contributed by atoms with Gasteiger partial charge < -0.3 is 17.7 Å². The number of aromatic nitrogens is 2. The van der Waals surface area contributed by atoms with Gasteiger partial charge in [0.15, 0.2) is 0 Å². The van der Waals surface area contributed by atoms with E-state index in [2.05, 4.69) is 5.10 Å². The van der Waals surface area contributed by atoms with E-state index >= 15 is 0 Å². The maximum atomic E-state index is 14.1. The molecule has 0 aliphatic heterocycles. The van der Waals surface area contributed by atoms with Crippen LogP contribution in [0.5, 0.6) is 0 Å². The number of ether oxygens (including phenoxy) is 1. The highest BCUT2D eigenvalue weighted by Crippen LogP contribution is 2.20. The van der Waals surface area contributed by atoms with E-state index in [1.165, 1.54) is 24.4 Å². The number of benzene rings is 2. The Bertz CT molecular complexity index is 1100. The lowest BCUT2D eigenvalue weighted by molar-refractivity contribution is -0.142. The Morgan fingerprint density at radius 1 is 1.19 bits per heavy atom. The predicted octanol–water partition coefficient (Wildman–Crippen LogP) is 2.64. The Labute approximate surface area is 150 Å². The van der Waals surface area contributed by atoms with Crippen molar-refractivity contribution in [1.82, 2.24) is 9.78 Å². The minimum Gasteiger partial charge on any atom is -0.461 e. The third kappa shape index (κ3) is 3.55. The van der Waals surface area contributed by atoms with Gasteiger partial charge in [0, 0.05) is 12.3 Å². The molecule has 140 valence electrons. The molecule has 0 atom stereocenters. The molecule has 0 aliphatic carbocycles. The molecule has 3 aromatic rings. The SMILES string of the molecule is CC(=O)OCc1c(-n2ncc3cccc(F)c3c2=O)cccc1[B-](F)(F)F. The number of hydrogen-bond donors (Lipinski definition) is 0. The number of nitrogens with zero attached hydrogens (tertiary/aromatic N) is 2. The third-order valence-corrected chi connectivity index (χ3v) is 3.95. The lowest BCUT2D eigenvalue weighted by Gasteiger charge is -2.22. The monoisotopic (exact) mass is 379 g/mol. The van der Waals surface area contributed by atoms with Crippen molar-refractivity contribution in [3.05, 3.63) is 64.3 Å². The van der Waals surface area contributed by atoms with Crippen LogP contribution in [0.4, 0.5) is 17.3 Å². The molecular formula is C17H12BF4N2O3-. The van der Waals surface area contributed by atoms with Gasteiger partial charge in [-0.3, -0.25) is 9.59 Å². The van der Waals surface area contributed by atoms with Gasteiger partial charge in [0.1, 0.15) is 12.4 Å². The van der Waals surface area contributed by atoms with Gasteiger partial charge in [0.2, 0.25) is 0 Å². The van der Waals surface area contributed by atoms with Crippen LogP contribution >= 0.6 is 0 Å². The van der Waals surface area contributed by atoms with Gasteiger partial charge in [-0.1, -0.05) is 29.7 Å². The van der Waals surface area contributed by atoms with Crippen LogP contribution in [0.1, 0.15) is 12.5 Å². The first-order valence-corrected chi connectivity index (χ1v) is 7.82. The van der Waals surface area contributed by atoms with Gasteiger partial charge in [0.25, 0.3) is 5.56 Å². The molecule has 5 nitrogen and oxygen atoms in total. The fraction of sp³-hybridized carbons (Fsp3) is 0.118. The standard InChI is InChI=1S/C17H12BF4N2O3/c1-10(25)27-9-12-13(18(20,21)22)5-3-7-15(12)24-17(26)16-11(8-23-24)4-2-6-14(16)19/h2-8H,9H2,1H3/q-1. The predicted molar refractivity (Wildman–Crippen MR) is 91.5 cm³/mol. The normalized spacial score (nSPS) is 11.6. The highest BCUT2D eigenvalue weighted by Gasteiger charge is 2.30. The van der Waals surface area contributed by atoms with Crippen LogP contribution in [0, 0.1) is 5.82 Å². The summed E-state index contributed by atoms with van der Waals surface area (Å²) < 4.78 is 59.8. The first kappa shape index (κ1) is 18.6. The Kier molecular flexibility index (Phi) is 4.73. The second kappa shape index (κ2) is 6.86. The lowest BCUT2D eigenvalue weighted by atomic mass is 9.76. The molecule has 3 rings (SSSR count). The third-order valence-electron chi connectivity index (χ3n) is 3.95. The van der Waals surface area contributed by atoms with Gasteiger partial charge in [-0.2, -0.15) is 9.78 Å². The van der Waals surface area contributed by atoms with E-state index in [1.807, 2.05) is 0 Å². The molecule has 0 radical (unpaired) electrons. The van der Waals surface area contributed by atoms with Crippen LogP contribution in [0.25, 0.3) is 16.5 Å². The highest BCUT2D eigenvalue weighted by atomic mass is 19.4. The quantitative estimate of drug-likeness (QED) is 0.397. The van der Waals surface area contributed by atoms with Crippen molar-refractivity contribution in [2.24, 2.45) is 0 Å². The molecule has 0 N–H and O–H groups in total. The smallest absolute Gasteiger partial charge is 0.461 e. The van der Waals surface area contributed by atoms with E-state index in [-0.39, 0.29) is 16.5 Å². The first-order valence-electron chi connectivity index (χ1n) is 7.82. The van der Waals surface area contributed by atoms with Gasteiger partial charge in [0.05, 0.1) is 17.3 Å². The maximum Gasteiger partial charge on any atom is 0.510 e. The maximum absolute atomic E-state index is 14.1. The molecule has 0 aliphatic rings. The molecule has 0 amide bonds. The van der Waals surface area contributed by atoms with Crippen LogP contribution in [-0.2, 0) is 16.1 Å². The minimum absolute atomic E-state index is 0.217. The van der Waals surface area contributed by atoms with Crippen molar-refractivity contribution in [2.45, 2.75) is 13.5 Å². The fourth-order valence-electron chi connectivity index (χ4n) is 2.75. The molecule has 0 saturated heterocycles.